The largest absolute Gasteiger partial charge is 0.356 e. The molecule has 94 valence electrons. The van der Waals surface area contributed by atoms with Crippen LogP contribution >= 0.6 is 0 Å². The van der Waals surface area contributed by atoms with E-state index in [1.165, 1.54) is 0 Å². The van der Waals surface area contributed by atoms with E-state index < -0.39 is 0 Å². The number of carbonyl (C=O) groups excluding carboxylic acids is 1. The molecule has 16 heavy (non-hydrogen) atoms. The molecule has 3 N–H and O–H groups in total. The van der Waals surface area contributed by atoms with Crippen LogP contribution in [-0.4, -0.2) is 43.5 Å². The van der Waals surface area contributed by atoms with Crippen molar-refractivity contribution in [2.24, 2.45) is 11.1 Å². The summed E-state index contributed by atoms with van der Waals surface area (Å²) < 4.78 is 0. The quantitative estimate of drug-likeness (QED) is 0.596. The van der Waals surface area contributed by atoms with E-state index in [1.54, 1.807) is 0 Å². The van der Waals surface area contributed by atoms with Crippen molar-refractivity contribution in [2.75, 3.05) is 32.7 Å². The summed E-state index contributed by atoms with van der Waals surface area (Å²) in [7, 11) is 0. The average molecular weight is 227 g/mol. The van der Waals surface area contributed by atoms with Gasteiger partial charge in [-0.3, -0.25) is 4.79 Å². The summed E-state index contributed by atoms with van der Waals surface area (Å²) in [6, 6.07) is 0. The summed E-state index contributed by atoms with van der Waals surface area (Å²) in [5.41, 5.74) is 5.40. The Balaban J connectivity index is 2.09. The second-order valence-corrected chi connectivity index (χ2v) is 4.62. The first-order valence-electron chi connectivity index (χ1n) is 6.39. The van der Waals surface area contributed by atoms with E-state index in [1.807, 2.05) is 0 Å². The van der Waals surface area contributed by atoms with Gasteiger partial charge in [-0.2, -0.15) is 0 Å². The topological polar surface area (TPSA) is 58.4 Å². The fraction of sp³-hybridized carbons (Fsp3) is 0.917. The summed E-state index contributed by atoms with van der Waals surface area (Å²) >= 11 is 0. The minimum absolute atomic E-state index is 0.162. The Labute approximate surface area is 98.6 Å². The third-order valence-electron chi connectivity index (χ3n) is 3.56. The minimum atomic E-state index is -0.199. The normalized spacial score (nSPS) is 17.5. The lowest BCUT2D eigenvalue weighted by molar-refractivity contribution is -0.125. The van der Waals surface area contributed by atoms with Crippen LogP contribution in [0.3, 0.4) is 0 Å². The van der Waals surface area contributed by atoms with Crippen molar-refractivity contribution >= 4 is 5.91 Å². The number of amides is 1. The highest BCUT2D eigenvalue weighted by molar-refractivity contribution is 5.85. The lowest BCUT2D eigenvalue weighted by atomic mass is 10.1. The van der Waals surface area contributed by atoms with E-state index in [2.05, 4.69) is 24.1 Å². The van der Waals surface area contributed by atoms with Crippen molar-refractivity contribution in [1.82, 2.24) is 10.2 Å². The smallest absolute Gasteiger partial charge is 0.227 e. The molecule has 0 atom stereocenters. The van der Waals surface area contributed by atoms with Gasteiger partial charge in [-0.25, -0.2) is 0 Å². The number of nitrogens with one attached hydrogen (secondary N) is 1. The van der Waals surface area contributed by atoms with Crippen LogP contribution < -0.4 is 11.1 Å². The molecule has 0 radical (unpaired) electrons. The van der Waals surface area contributed by atoms with Crippen molar-refractivity contribution in [3.63, 3.8) is 0 Å². The predicted octanol–water partition coefficient (Wildman–Crippen LogP) is 0.573. The van der Waals surface area contributed by atoms with Gasteiger partial charge in [0.2, 0.25) is 5.91 Å². The molecule has 0 aromatic heterocycles. The number of hydrogen-bond donors (Lipinski definition) is 2. The van der Waals surface area contributed by atoms with Crippen molar-refractivity contribution in [1.29, 1.82) is 0 Å². The van der Waals surface area contributed by atoms with Gasteiger partial charge in [0.1, 0.15) is 0 Å². The maximum Gasteiger partial charge on any atom is 0.227 e. The predicted molar refractivity (Wildman–Crippen MR) is 66.1 cm³/mol. The van der Waals surface area contributed by atoms with E-state index in [4.69, 9.17) is 5.73 Å². The summed E-state index contributed by atoms with van der Waals surface area (Å²) in [6.07, 6.45) is 2.95. The Morgan fingerprint density at radius 1 is 1.38 bits per heavy atom. The molecular formula is C12H25N3O. The van der Waals surface area contributed by atoms with Crippen LogP contribution in [0.1, 0.15) is 33.1 Å². The first-order chi connectivity index (χ1) is 7.68. The fourth-order valence-corrected chi connectivity index (χ4v) is 1.91. The lowest BCUT2D eigenvalue weighted by Gasteiger charge is -2.18. The molecule has 1 rings (SSSR count). The summed E-state index contributed by atoms with van der Waals surface area (Å²) in [5.74, 6) is 0.162. The van der Waals surface area contributed by atoms with Crippen molar-refractivity contribution in [3.05, 3.63) is 0 Å². The monoisotopic (exact) mass is 227 g/mol. The van der Waals surface area contributed by atoms with Crippen LogP contribution in [0.25, 0.3) is 0 Å². The van der Waals surface area contributed by atoms with Crippen LogP contribution in [-0.2, 0) is 4.79 Å². The highest BCUT2D eigenvalue weighted by atomic mass is 16.2. The molecule has 1 fully saturated rings. The van der Waals surface area contributed by atoms with Crippen LogP contribution in [0.4, 0.5) is 0 Å². The molecule has 4 heteroatoms. The molecule has 0 unspecified atom stereocenters. The summed E-state index contributed by atoms with van der Waals surface area (Å²) in [6.45, 7) is 8.81. The Bertz CT molecular complexity index is 222. The minimum Gasteiger partial charge on any atom is -0.356 e. The number of nitrogens with two attached hydrogens (primary N) is 1. The first-order valence-corrected chi connectivity index (χ1v) is 6.39. The van der Waals surface area contributed by atoms with Gasteiger partial charge in [0.25, 0.3) is 0 Å². The molecule has 1 saturated carbocycles. The summed E-state index contributed by atoms with van der Waals surface area (Å²) in [4.78, 5) is 14.1. The van der Waals surface area contributed by atoms with E-state index in [-0.39, 0.29) is 11.3 Å². The standard InChI is InChI=1S/C12H25N3O/c1-3-15(4-2)9-5-8-14-11(16)12(10-13)6-7-12/h3-10,13H2,1-2H3,(H,14,16). The van der Waals surface area contributed by atoms with Gasteiger partial charge in [-0.15, -0.1) is 0 Å². The Kier molecular flexibility index (Phi) is 5.22. The van der Waals surface area contributed by atoms with Gasteiger partial charge in [-0.05, 0) is 38.9 Å². The van der Waals surface area contributed by atoms with E-state index >= 15 is 0 Å². The van der Waals surface area contributed by atoms with E-state index in [0.717, 1.165) is 45.4 Å². The van der Waals surface area contributed by atoms with E-state index in [0.29, 0.717) is 6.54 Å². The maximum atomic E-state index is 11.7. The highest BCUT2D eigenvalue weighted by Gasteiger charge is 2.48. The third-order valence-corrected chi connectivity index (χ3v) is 3.56. The van der Waals surface area contributed by atoms with Gasteiger partial charge in [0, 0.05) is 13.1 Å². The Morgan fingerprint density at radius 3 is 2.44 bits per heavy atom. The van der Waals surface area contributed by atoms with Gasteiger partial charge >= 0.3 is 0 Å². The molecule has 1 aliphatic rings. The Morgan fingerprint density at radius 2 is 2.00 bits per heavy atom. The molecule has 4 nitrogen and oxygen atoms in total. The number of carbonyl (C=O) groups is 1. The number of hydrogen-bond acceptors (Lipinski definition) is 3. The molecule has 0 spiro atoms. The lowest BCUT2D eigenvalue weighted by Crippen LogP contribution is -2.38. The van der Waals surface area contributed by atoms with Crippen molar-refractivity contribution in [3.8, 4) is 0 Å². The molecule has 1 amide bonds. The number of rotatable bonds is 8. The Hall–Kier alpha value is -0.610. The zero-order chi connectivity index (χ0) is 12.0. The van der Waals surface area contributed by atoms with Gasteiger partial charge in [-0.1, -0.05) is 13.8 Å². The molecule has 0 aliphatic heterocycles. The third kappa shape index (κ3) is 3.46. The molecule has 0 heterocycles. The second kappa shape index (κ2) is 6.21. The molecule has 0 aromatic rings. The average Bonchev–Trinajstić information content (AvgIpc) is 3.10. The second-order valence-electron chi connectivity index (χ2n) is 4.62. The van der Waals surface area contributed by atoms with Crippen LogP contribution in [0.2, 0.25) is 0 Å². The molecule has 0 bridgehead atoms. The zero-order valence-electron chi connectivity index (χ0n) is 10.6. The highest BCUT2D eigenvalue weighted by Crippen LogP contribution is 2.44. The van der Waals surface area contributed by atoms with E-state index in [9.17, 15) is 4.79 Å². The fourth-order valence-electron chi connectivity index (χ4n) is 1.91. The molecule has 0 aromatic carbocycles. The van der Waals surface area contributed by atoms with Crippen molar-refractivity contribution in [2.45, 2.75) is 33.1 Å². The maximum absolute atomic E-state index is 11.7. The SMILES string of the molecule is CCN(CC)CCCNC(=O)C1(CN)CC1. The molecule has 1 aliphatic carbocycles. The van der Waals surface area contributed by atoms with Crippen molar-refractivity contribution < 1.29 is 4.79 Å². The van der Waals surface area contributed by atoms with Crippen LogP contribution in [0.5, 0.6) is 0 Å². The van der Waals surface area contributed by atoms with Gasteiger partial charge in [0.05, 0.1) is 5.41 Å². The van der Waals surface area contributed by atoms with Crippen LogP contribution in [0.15, 0.2) is 0 Å². The first kappa shape index (κ1) is 13.5. The van der Waals surface area contributed by atoms with Crippen LogP contribution in [0, 0.1) is 5.41 Å². The molecular weight excluding hydrogens is 202 g/mol. The molecule has 0 saturated heterocycles. The summed E-state index contributed by atoms with van der Waals surface area (Å²) in [5, 5.41) is 2.99. The van der Waals surface area contributed by atoms with Gasteiger partial charge < -0.3 is 16.0 Å². The zero-order valence-corrected chi connectivity index (χ0v) is 10.6. The van der Waals surface area contributed by atoms with Gasteiger partial charge in [0.15, 0.2) is 0 Å². The number of nitrogens with zero attached hydrogens (tertiary/aromatic N) is 1.